The van der Waals surface area contributed by atoms with Gasteiger partial charge in [0, 0.05) is 0 Å². The zero-order valence-electron chi connectivity index (χ0n) is 6.04. The maximum absolute atomic E-state index is 2.28. The van der Waals surface area contributed by atoms with Crippen LogP contribution in [0.5, 0.6) is 0 Å². The zero-order chi connectivity index (χ0) is 5.11. The van der Waals surface area contributed by atoms with Crippen molar-refractivity contribution in [3.63, 3.8) is 0 Å². The van der Waals surface area contributed by atoms with E-state index in [1.54, 1.807) is 5.92 Å². The van der Waals surface area contributed by atoms with Crippen LogP contribution in [0.15, 0.2) is 0 Å². The van der Waals surface area contributed by atoms with Gasteiger partial charge in [0.15, 0.2) is 0 Å². The number of rotatable bonds is 0. The maximum atomic E-state index is 2.28. The van der Waals surface area contributed by atoms with E-state index >= 15 is 0 Å². The molecule has 1 rings (SSSR count). The molecule has 1 heteroatoms. The van der Waals surface area contributed by atoms with Gasteiger partial charge in [0.1, 0.15) is 0 Å². The maximum Gasteiger partial charge on any atom is 1.00 e. The minimum absolute atomic E-state index is 0. The third kappa shape index (κ3) is 2.80. The summed E-state index contributed by atoms with van der Waals surface area (Å²) in [4.78, 5) is 0. The molecule has 0 aliphatic heterocycles. The van der Waals surface area contributed by atoms with Crippen molar-refractivity contribution in [2.75, 3.05) is 0 Å². The van der Waals surface area contributed by atoms with Crippen molar-refractivity contribution in [2.24, 2.45) is 0 Å². The Morgan fingerprint density at radius 3 is 1.75 bits per heavy atom. The smallest absolute Gasteiger partial charge is 0.317 e. The fourth-order valence-corrected chi connectivity index (χ4v) is 1.16. The van der Waals surface area contributed by atoms with Crippen LogP contribution < -0.4 is 18.9 Å². The summed E-state index contributed by atoms with van der Waals surface area (Å²) in [6.45, 7) is 2.28. The molecule has 1 fully saturated rings. The Hall–Kier alpha value is 0.597. The molecule has 0 radical (unpaired) electrons. The molecule has 0 unspecified atom stereocenters. The van der Waals surface area contributed by atoms with Crippen LogP contribution in [0.4, 0.5) is 0 Å². The molecule has 0 spiro atoms. The Morgan fingerprint density at radius 2 is 1.50 bits per heavy atom. The molecule has 0 aromatic rings. The van der Waals surface area contributed by atoms with Crippen LogP contribution in [0.3, 0.4) is 0 Å². The first-order chi connectivity index (χ1) is 3.39. The molecule has 0 nitrogen and oxygen atoms in total. The van der Waals surface area contributed by atoms with E-state index in [4.69, 9.17) is 0 Å². The minimum atomic E-state index is 0. The molecule has 42 valence electrons. The Balaban J connectivity index is 0.000000490. The van der Waals surface area contributed by atoms with Crippen molar-refractivity contribution >= 4 is 0 Å². The Kier molecular flexibility index (Phi) is 4.81. The van der Waals surface area contributed by atoms with Gasteiger partial charge < -0.3 is 5.92 Å². The summed E-state index contributed by atoms with van der Waals surface area (Å²) in [6.07, 6.45) is 7.18. The van der Waals surface area contributed by atoms with E-state index in [-0.39, 0.29) is 18.9 Å². The van der Waals surface area contributed by atoms with Gasteiger partial charge in [-0.2, -0.15) is 19.8 Å². The van der Waals surface area contributed by atoms with Crippen LogP contribution in [-0.2, 0) is 0 Å². The van der Waals surface area contributed by atoms with Gasteiger partial charge in [-0.15, -0.1) is 0 Å². The van der Waals surface area contributed by atoms with Gasteiger partial charge in [-0.05, 0) is 0 Å². The molecule has 1 saturated carbocycles. The van der Waals surface area contributed by atoms with Crippen molar-refractivity contribution in [3.8, 4) is 0 Å². The van der Waals surface area contributed by atoms with Crippen LogP contribution in [0.1, 0.15) is 39.0 Å². The van der Waals surface area contributed by atoms with E-state index in [1.807, 2.05) is 0 Å². The predicted octanol–water partition coefficient (Wildman–Crippen LogP) is -0.451. The fourth-order valence-electron chi connectivity index (χ4n) is 1.16. The normalized spacial score (nSPS) is 22.1. The summed E-state index contributed by atoms with van der Waals surface area (Å²) in [7, 11) is 0. The third-order valence-electron chi connectivity index (χ3n) is 1.71. The molecule has 0 saturated heterocycles. The summed E-state index contributed by atoms with van der Waals surface area (Å²) in [5.74, 6) is 1.71. The second-order valence-electron chi connectivity index (χ2n) is 2.52. The molecule has 0 heterocycles. The monoisotopic (exact) mass is 104 g/mol. The molecular weight excluding hydrogens is 91.0 g/mol. The van der Waals surface area contributed by atoms with Crippen molar-refractivity contribution < 1.29 is 18.9 Å². The van der Waals surface area contributed by atoms with E-state index in [0.717, 1.165) is 0 Å². The first kappa shape index (κ1) is 8.60. The molecule has 1 aliphatic carbocycles. The van der Waals surface area contributed by atoms with Crippen LogP contribution in [0.2, 0.25) is 0 Å². The molecule has 0 aromatic carbocycles. The zero-order valence-corrected chi connectivity index (χ0v) is 6.04. The van der Waals surface area contributed by atoms with Crippen molar-refractivity contribution in [1.82, 2.24) is 0 Å². The van der Waals surface area contributed by atoms with Crippen LogP contribution >= 0.6 is 0 Å². The van der Waals surface area contributed by atoms with Gasteiger partial charge >= 0.3 is 18.9 Å². The summed E-state index contributed by atoms with van der Waals surface area (Å²) >= 11 is 0. The van der Waals surface area contributed by atoms with Gasteiger partial charge in [0.05, 0.1) is 0 Å². The molecule has 0 bridgehead atoms. The number of hydrogen-bond acceptors (Lipinski definition) is 0. The minimum Gasteiger partial charge on any atom is -0.317 e. The number of hydrogen-bond donors (Lipinski definition) is 0. The van der Waals surface area contributed by atoms with Crippen molar-refractivity contribution in [1.29, 1.82) is 0 Å². The van der Waals surface area contributed by atoms with Crippen LogP contribution in [0, 0.1) is 5.92 Å². The molecule has 0 amide bonds. The quantitative estimate of drug-likeness (QED) is 0.288. The fraction of sp³-hybridized carbons (Fsp3) is 0.857. The third-order valence-corrected chi connectivity index (χ3v) is 1.71. The largest absolute Gasteiger partial charge is 1.00 e. The molecule has 0 aromatic heterocycles. The van der Waals surface area contributed by atoms with Gasteiger partial charge in [-0.1, -0.05) is 19.3 Å². The van der Waals surface area contributed by atoms with Crippen LogP contribution in [-0.4, -0.2) is 0 Å². The SMILES string of the molecule is C[C-]1CCCCC1.[Li+]. The summed E-state index contributed by atoms with van der Waals surface area (Å²) in [6, 6.07) is 0. The van der Waals surface area contributed by atoms with Gasteiger partial charge in [-0.25, -0.2) is 0 Å². The molecular formula is C7H13Li. The van der Waals surface area contributed by atoms with Gasteiger partial charge in [-0.3, -0.25) is 0 Å². The van der Waals surface area contributed by atoms with Crippen molar-refractivity contribution in [3.05, 3.63) is 5.92 Å². The van der Waals surface area contributed by atoms with Crippen molar-refractivity contribution in [2.45, 2.75) is 39.0 Å². The Morgan fingerprint density at radius 1 is 1.00 bits per heavy atom. The molecule has 0 atom stereocenters. The average Bonchev–Trinajstić information content (AvgIpc) is 1.69. The standard InChI is InChI=1S/C7H13.Li/c1-7-5-3-2-4-6-7;/h2-6H2,1H3;/q-1;+1. The van der Waals surface area contributed by atoms with E-state index in [1.165, 1.54) is 32.1 Å². The molecule has 1 aliphatic rings. The van der Waals surface area contributed by atoms with E-state index in [0.29, 0.717) is 0 Å². The van der Waals surface area contributed by atoms with Gasteiger partial charge in [0.25, 0.3) is 0 Å². The molecule has 8 heavy (non-hydrogen) atoms. The Bertz CT molecular complexity index is 46.3. The topological polar surface area (TPSA) is 0 Å². The summed E-state index contributed by atoms with van der Waals surface area (Å²) in [5.41, 5.74) is 0. The second-order valence-corrected chi connectivity index (χ2v) is 2.52. The van der Waals surface area contributed by atoms with Gasteiger partial charge in [0.2, 0.25) is 0 Å². The average molecular weight is 104 g/mol. The first-order valence-corrected chi connectivity index (χ1v) is 3.21. The Labute approximate surface area is 64.2 Å². The van der Waals surface area contributed by atoms with E-state index < -0.39 is 0 Å². The summed E-state index contributed by atoms with van der Waals surface area (Å²) in [5, 5.41) is 0. The predicted molar refractivity (Wildman–Crippen MR) is 32.0 cm³/mol. The summed E-state index contributed by atoms with van der Waals surface area (Å²) < 4.78 is 0. The second kappa shape index (κ2) is 4.47. The first-order valence-electron chi connectivity index (χ1n) is 3.21. The van der Waals surface area contributed by atoms with E-state index in [2.05, 4.69) is 6.92 Å². The van der Waals surface area contributed by atoms with E-state index in [9.17, 15) is 0 Å². The molecule has 0 N–H and O–H groups in total. The van der Waals surface area contributed by atoms with Crippen LogP contribution in [0.25, 0.3) is 0 Å².